The number of hydrogen-bond donors (Lipinski definition) is 0. The zero-order valence-electron chi connectivity index (χ0n) is 30.2. The third kappa shape index (κ3) is 8.96. The first kappa shape index (κ1) is 40.7. The molecule has 1 atom stereocenters. The van der Waals surface area contributed by atoms with Crippen LogP contribution in [0, 0.1) is 16.2 Å². The zero-order chi connectivity index (χ0) is 37.9. The van der Waals surface area contributed by atoms with Crippen LogP contribution in [0.15, 0.2) is 51.7 Å². The van der Waals surface area contributed by atoms with E-state index >= 15 is 0 Å². The fourth-order valence-electron chi connectivity index (χ4n) is 5.70. The maximum Gasteiger partial charge on any atom is 0.378 e. The van der Waals surface area contributed by atoms with Gasteiger partial charge in [0.05, 0.1) is 18.1 Å². The van der Waals surface area contributed by atoms with E-state index in [0.29, 0.717) is 16.7 Å². The van der Waals surface area contributed by atoms with Gasteiger partial charge in [-0.25, -0.2) is 4.79 Å². The first-order valence-electron chi connectivity index (χ1n) is 16.6. The molecule has 1 aromatic heterocycles. The van der Waals surface area contributed by atoms with Crippen molar-refractivity contribution in [3.8, 4) is 22.6 Å². The van der Waals surface area contributed by atoms with Gasteiger partial charge in [0.2, 0.25) is 0 Å². The van der Waals surface area contributed by atoms with E-state index < -0.39 is 64.6 Å². The highest BCUT2D eigenvalue weighted by molar-refractivity contribution is 5.84. The van der Waals surface area contributed by atoms with Gasteiger partial charge < -0.3 is 18.6 Å². The van der Waals surface area contributed by atoms with Crippen LogP contribution in [-0.4, -0.2) is 44.1 Å². The summed E-state index contributed by atoms with van der Waals surface area (Å²) in [6.45, 7) is 9.58. The van der Waals surface area contributed by atoms with Gasteiger partial charge in [0.15, 0.2) is 13.2 Å². The van der Waals surface area contributed by atoms with Crippen LogP contribution in [0.1, 0.15) is 86.6 Å². The lowest BCUT2D eigenvalue weighted by Crippen LogP contribution is -2.59. The van der Waals surface area contributed by atoms with Crippen molar-refractivity contribution in [2.75, 3.05) is 20.3 Å². The molecule has 0 saturated heterocycles. The number of esters is 1. The number of alkyl halides is 6. The number of aryl methyl sites for hydroxylation is 1. The molecule has 0 aliphatic carbocycles. The van der Waals surface area contributed by atoms with Crippen molar-refractivity contribution in [3.05, 3.63) is 58.4 Å². The van der Waals surface area contributed by atoms with E-state index in [1.807, 2.05) is 12.1 Å². The van der Waals surface area contributed by atoms with Crippen LogP contribution in [0.25, 0.3) is 22.1 Å². The fraction of sp³-hybridized carbons (Fsp3) is 0.579. The Labute approximate surface area is 289 Å². The molecule has 0 N–H and O–H groups in total. The Balaban J connectivity index is 1.78. The Hall–Kier alpha value is -3.70. The molecule has 0 amide bonds. The van der Waals surface area contributed by atoms with Crippen molar-refractivity contribution in [3.63, 3.8) is 0 Å². The van der Waals surface area contributed by atoms with Crippen LogP contribution in [0.4, 0.5) is 26.3 Å². The van der Waals surface area contributed by atoms with Crippen molar-refractivity contribution in [1.29, 1.82) is 0 Å². The Morgan fingerprint density at radius 1 is 0.800 bits per heavy atom. The second-order valence-electron chi connectivity index (χ2n) is 15.3. The largest absolute Gasteiger partial charge is 0.496 e. The highest BCUT2D eigenvalue weighted by Crippen LogP contribution is 2.49. The van der Waals surface area contributed by atoms with Gasteiger partial charge >= 0.3 is 29.4 Å². The molecule has 1 unspecified atom stereocenters. The van der Waals surface area contributed by atoms with Crippen molar-refractivity contribution in [2.24, 2.45) is 16.2 Å². The molecule has 50 heavy (non-hydrogen) atoms. The lowest BCUT2D eigenvalue weighted by Gasteiger charge is -2.43. The summed E-state index contributed by atoms with van der Waals surface area (Å²) >= 11 is 0. The fourth-order valence-corrected chi connectivity index (χ4v) is 5.70. The maximum atomic E-state index is 14.8. The highest BCUT2D eigenvalue weighted by Gasteiger charge is 2.72. The van der Waals surface area contributed by atoms with E-state index in [9.17, 15) is 35.9 Å². The molecular formula is C38H48F6O6. The molecule has 1 heterocycles. The van der Waals surface area contributed by atoms with E-state index in [2.05, 4.69) is 11.7 Å². The highest BCUT2D eigenvalue weighted by atomic mass is 19.3. The van der Waals surface area contributed by atoms with Gasteiger partial charge in [0.1, 0.15) is 17.1 Å². The van der Waals surface area contributed by atoms with Crippen LogP contribution in [-0.2, 0) is 16.0 Å². The van der Waals surface area contributed by atoms with Gasteiger partial charge in [0.25, 0.3) is 0 Å². The minimum Gasteiger partial charge on any atom is -0.496 e. The number of carbonyl (C=O) groups excluding carboxylic acids is 1. The SMILES string of the molecule is CCCCCc1ccc(-c2cc3ccc(OCC(F)(F)C(F)(F)C(F)(F)COC(=O)C(C)(CC(C)(C)C)C(C)(C)C)cc3oc2=O)c(OC)c1. The van der Waals surface area contributed by atoms with Gasteiger partial charge in [-0.3, -0.25) is 4.79 Å². The molecule has 0 saturated carbocycles. The third-order valence-corrected chi connectivity index (χ3v) is 9.05. The number of fused-ring (bicyclic) bond motifs is 1. The molecule has 0 fully saturated rings. The molecule has 0 aliphatic heterocycles. The molecule has 0 bridgehead atoms. The monoisotopic (exact) mass is 714 g/mol. The summed E-state index contributed by atoms with van der Waals surface area (Å²) < 4.78 is 109. The molecule has 3 aromatic rings. The van der Waals surface area contributed by atoms with E-state index in [1.54, 1.807) is 47.6 Å². The number of benzene rings is 2. The average Bonchev–Trinajstić information content (AvgIpc) is 3.00. The van der Waals surface area contributed by atoms with Crippen molar-refractivity contribution in [1.82, 2.24) is 0 Å². The number of methoxy groups -OCH3 is 1. The number of carbonyl (C=O) groups is 1. The van der Waals surface area contributed by atoms with Gasteiger partial charge in [0, 0.05) is 17.0 Å². The quantitative estimate of drug-likeness (QED) is 0.0675. The number of unbranched alkanes of at least 4 members (excludes halogenated alkanes) is 2. The number of rotatable bonds is 15. The van der Waals surface area contributed by atoms with E-state index in [1.165, 1.54) is 26.2 Å². The topological polar surface area (TPSA) is 75.0 Å². The molecule has 0 aliphatic rings. The molecule has 2 aromatic carbocycles. The average molecular weight is 715 g/mol. The summed E-state index contributed by atoms with van der Waals surface area (Å²) in [5, 5.41) is 0.347. The van der Waals surface area contributed by atoms with Gasteiger partial charge in [-0.05, 0) is 66.8 Å². The van der Waals surface area contributed by atoms with Gasteiger partial charge in [-0.1, -0.05) is 73.4 Å². The molecule has 0 radical (unpaired) electrons. The smallest absolute Gasteiger partial charge is 0.378 e. The molecule has 3 rings (SSSR count). The number of halogens is 6. The van der Waals surface area contributed by atoms with E-state index in [0.717, 1.165) is 43.4 Å². The second kappa shape index (κ2) is 14.9. The molecule has 0 spiro atoms. The Morgan fingerprint density at radius 2 is 1.44 bits per heavy atom. The second-order valence-corrected chi connectivity index (χ2v) is 15.3. The third-order valence-electron chi connectivity index (χ3n) is 9.05. The van der Waals surface area contributed by atoms with Crippen molar-refractivity contribution < 1.29 is 49.8 Å². The molecular weight excluding hydrogens is 666 g/mol. The molecule has 12 heteroatoms. The Kier molecular flexibility index (Phi) is 12.1. The summed E-state index contributed by atoms with van der Waals surface area (Å²) in [7, 11) is 1.47. The van der Waals surface area contributed by atoms with Crippen molar-refractivity contribution in [2.45, 2.75) is 105 Å². The van der Waals surface area contributed by atoms with Crippen LogP contribution >= 0.6 is 0 Å². The number of ether oxygens (including phenoxy) is 3. The normalized spacial score (nSPS) is 14.4. The minimum absolute atomic E-state index is 0.115. The van der Waals surface area contributed by atoms with Gasteiger partial charge in [-0.15, -0.1) is 0 Å². The van der Waals surface area contributed by atoms with Crippen LogP contribution in [0.2, 0.25) is 0 Å². The molecule has 6 nitrogen and oxygen atoms in total. The summed E-state index contributed by atoms with van der Waals surface area (Å²) in [4.78, 5) is 26.0. The summed E-state index contributed by atoms with van der Waals surface area (Å²) in [6, 6.07) is 10.5. The Morgan fingerprint density at radius 3 is 2.02 bits per heavy atom. The summed E-state index contributed by atoms with van der Waals surface area (Å²) in [6.07, 6.45) is 4.13. The van der Waals surface area contributed by atoms with Crippen LogP contribution < -0.4 is 15.1 Å². The first-order chi connectivity index (χ1) is 22.9. The lowest BCUT2D eigenvalue weighted by atomic mass is 9.61. The minimum atomic E-state index is -5.97. The van der Waals surface area contributed by atoms with Gasteiger partial charge in [-0.2, -0.15) is 26.3 Å². The predicted molar refractivity (Wildman–Crippen MR) is 181 cm³/mol. The predicted octanol–water partition coefficient (Wildman–Crippen LogP) is 10.5. The summed E-state index contributed by atoms with van der Waals surface area (Å²) in [5.41, 5.74) is -1.94. The Bertz CT molecular complexity index is 1700. The van der Waals surface area contributed by atoms with Crippen molar-refractivity contribution >= 4 is 16.9 Å². The maximum absolute atomic E-state index is 14.8. The standard InChI is InChI=1S/C38H48F6O6/c1-10-11-12-13-24-14-17-27(30(18-24)47-9)28-19-25-15-16-26(20-29(25)50-31(28)45)48-22-36(39,40)38(43,44)37(41,42)23-49-32(46)35(8,34(5,6)7)21-33(2,3)4/h14-20H,10-13,21-23H2,1-9H3. The first-order valence-corrected chi connectivity index (χ1v) is 16.6. The van der Waals surface area contributed by atoms with Crippen LogP contribution in [0.3, 0.4) is 0 Å². The summed E-state index contributed by atoms with van der Waals surface area (Å²) in [5.74, 6) is -18.0. The van der Waals surface area contributed by atoms with E-state index in [4.69, 9.17) is 13.9 Å². The lowest BCUT2D eigenvalue weighted by molar-refractivity contribution is -0.323. The van der Waals surface area contributed by atoms with Crippen LogP contribution in [0.5, 0.6) is 11.5 Å². The zero-order valence-corrected chi connectivity index (χ0v) is 30.2. The molecule has 278 valence electrons. The van der Waals surface area contributed by atoms with E-state index in [-0.39, 0.29) is 17.6 Å². The number of hydrogen-bond acceptors (Lipinski definition) is 6.